The second-order valence-electron chi connectivity index (χ2n) is 3.88. The smallest absolute Gasteiger partial charge is 0.320 e. The van der Waals surface area contributed by atoms with Crippen molar-refractivity contribution in [3.05, 3.63) is 17.5 Å². The van der Waals surface area contributed by atoms with Gasteiger partial charge in [0.2, 0.25) is 0 Å². The molecular formula is C11H19N3O2S. The maximum absolute atomic E-state index is 10.5. The lowest BCUT2D eigenvalue weighted by Crippen LogP contribution is -2.30. The first kappa shape index (κ1) is 14.1. The first-order valence-corrected chi connectivity index (χ1v) is 6.79. The highest BCUT2D eigenvalue weighted by Gasteiger charge is 2.11. The summed E-state index contributed by atoms with van der Waals surface area (Å²) in [6.07, 6.45) is 0.499. The third kappa shape index (κ3) is 4.40. The van der Waals surface area contributed by atoms with Gasteiger partial charge in [-0.2, -0.15) is 16.9 Å². The molecule has 0 radical (unpaired) electrons. The molecule has 0 fully saturated rings. The fourth-order valence-electron chi connectivity index (χ4n) is 1.50. The van der Waals surface area contributed by atoms with Crippen LogP contribution in [0, 0.1) is 6.92 Å². The zero-order valence-corrected chi connectivity index (χ0v) is 11.0. The number of nitrogens with zero attached hydrogens (tertiary/aromatic N) is 2. The molecule has 0 bridgehead atoms. The van der Waals surface area contributed by atoms with Crippen LogP contribution in [0.2, 0.25) is 0 Å². The molecule has 0 saturated heterocycles. The van der Waals surface area contributed by atoms with E-state index in [9.17, 15) is 4.79 Å². The molecule has 0 saturated carbocycles. The summed E-state index contributed by atoms with van der Waals surface area (Å²) in [5, 5.41) is 13.0. The first-order valence-electron chi connectivity index (χ1n) is 5.64. The van der Waals surface area contributed by atoms with Crippen LogP contribution in [-0.2, 0) is 17.1 Å². The molecule has 1 unspecified atom stereocenters. The summed E-state index contributed by atoms with van der Waals surface area (Å²) in [6, 6.07) is 1.31. The van der Waals surface area contributed by atoms with E-state index in [1.54, 1.807) is 11.8 Å². The van der Waals surface area contributed by atoms with Gasteiger partial charge in [0.1, 0.15) is 6.04 Å². The fraction of sp³-hybridized carbons (Fsp3) is 0.636. The zero-order valence-electron chi connectivity index (χ0n) is 10.2. The van der Waals surface area contributed by atoms with Gasteiger partial charge >= 0.3 is 5.97 Å². The summed E-state index contributed by atoms with van der Waals surface area (Å²) < 4.78 is 1.97. The molecule has 1 aromatic rings. The standard InChI is InChI=1S/C11H19N3O2S/c1-3-14-9(6-8(2)13-14)7-17-5-4-10(12)11(15)16/h6,10H,3-5,7,12H2,1-2H3,(H,15,16). The van der Waals surface area contributed by atoms with Gasteiger partial charge in [-0.05, 0) is 32.1 Å². The van der Waals surface area contributed by atoms with Crippen LogP contribution in [0.25, 0.3) is 0 Å². The van der Waals surface area contributed by atoms with Crippen LogP contribution < -0.4 is 5.73 Å². The molecule has 0 aliphatic rings. The normalized spacial score (nSPS) is 12.6. The highest BCUT2D eigenvalue weighted by Crippen LogP contribution is 2.15. The number of carboxylic acid groups (broad SMARTS) is 1. The van der Waals surface area contributed by atoms with Gasteiger partial charge in [0.15, 0.2) is 0 Å². The topological polar surface area (TPSA) is 81.1 Å². The Morgan fingerprint density at radius 1 is 1.71 bits per heavy atom. The van der Waals surface area contributed by atoms with Gasteiger partial charge in [0, 0.05) is 18.0 Å². The van der Waals surface area contributed by atoms with Crippen molar-refractivity contribution in [2.75, 3.05) is 5.75 Å². The van der Waals surface area contributed by atoms with Gasteiger partial charge in [-0.1, -0.05) is 0 Å². The number of aliphatic carboxylic acids is 1. The molecule has 1 aromatic heterocycles. The van der Waals surface area contributed by atoms with E-state index in [4.69, 9.17) is 10.8 Å². The van der Waals surface area contributed by atoms with Gasteiger partial charge in [-0.15, -0.1) is 0 Å². The number of aromatic nitrogens is 2. The van der Waals surface area contributed by atoms with Crippen LogP contribution >= 0.6 is 11.8 Å². The SMILES string of the molecule is CCn1nc(C)cc1CSCCC(N)C(=O)O. The second-order valence-corrected chi connectivity index (χ2v) is 4.98. The van der Waals surface area contributed by atoms with Crippen molar-refractivity contribution >= 4 is 17.7 Å². The van der Waals surface area contributed by atoms with Crippen LogP contribution in [0.5, 0.6) is 0 Å². The lowest BCUT2D eigenvalue weighted by molar-refractivity contribution is -0.138. The highest BCUT2D eigenvalue weighted by molar-refractivity contribution is 7.98. The van der Waals surface area contributed by atoms with Gasteiger partial charge in [0.05, 0.1) is 5.69 Å². The number of nitrogens with two attached hydrogens (primary N) is 1. The summed E-state index contributed by atoms with van der Waals surface area (Å²) in [6.45, 7) is 4.89. The van der Waals surface area contributed by atoms with Crippen LogP contribution in [0.15, 0.2) is 6.07 Å². The van der Waals surface area contributed by atoms with Crippen molar-refractivity contribution in [1.82, 2.24) is 9.78 Å². The van der Waals surface area contributed by atoms with E-state index in [0.717, 1.165) is 23.7 Å². The third-order valence-electron chi connectivity index (χ3n) is 2.43. The molecule has 1 atom stereocenters. The van der Waals surface area contributed by atoms with Crippen molar-refractivity contribution < 1.29 is 9.90 Å². The van der Waals surface area contributed by atoms with E-state index in [2.05, 4.69) is 18.1 Å². The molecule has 1 heterocycles. The minimum absolute atomic E-state index is 0.499. The van der Waals surface area contributed by atoms with Crippen molar-refractivity contribution in [3.8, 4) is 0 Å². The third-order valence-corrected chi connectivity index (χ3v) is 3.45. The molecule has 0 aromatic carbocycles. The molecular weight excluding hydrogens is 238 g/mol. The highest BCUT2D eigenvalue weighted by atomic mass is 32.2. The molecule has 0 spiro atoms. The van der Waals surface area contributed by atoms with E-state index < -0.39 is 12.0 Å². The Hall–Kier alpha value is -1.01. The van der Waals surface area contributed by atoms with E-state index >= 15 is 0 Å². The average Bonchev–Trinajstić information content (AvgIpc) is 2.64. The Bertz CT molecular complexity index is 379. The van der Waals surface area contributed by atoms with Gasteiger partial charge < -0.3 is 10.8 Å². The van der Waals surface area contributed by atoms with Crippen LogP contribution in [0.4, 0.5) is 0 Å². The Balaban J connectivity index is 2.33. The van der Waals surface area contributed by atoms with Crippen LogP contribution in [0.1, 0.15) is 24.7 Å². The van der Waals surface area contributed by atoms with Gasteiger partial charge in [-0.3, -0.25) is 9.48 Å². The summed E-state index contributed by atoms with van der Waals surface area (Å²) in [5.74, 6) is 0.669. The number of carboxylic acids is 1. The van der Waals surface area contributed by atoms with Crippen molar-refractivity contribution in [2.45, 2.75) is 38.6 Å². The minimum atomic E-state index is -0.931. The Labute approximate surface area is 105 Å². The van der Waals surface area contributed by atoms with E-state index in [-0.39, 0.29) is 0 Å². The first-order chi connectivity index (χ1) is 8.04. The molecule has 1 rings (SSSR count). The quantitative estimate of drug-likeness (QED) is 0.718. The predicted molar refractivity (Wildman–Crippen MR) is 69.0 cm³/mol. The number of thioether (sulfide) groups is 1. The van der Waals surface area contributed by atoms with Crippen molar-refractivity contribution in [3.63, 3.8) is 0 Å². The van der Waals surface area contributed by atoms with Gasteiger partial charge in [-0.25, -0.2) is 0 Å². The number of hydrogen-bond acceptors (Lipinski definition) is 4. The summed E-state index contributed by atoms with van der Waals surface area (Å²) in [7, 11) is 0. The molecule has 6 heteroatoms. The molecule has 96 valence electrons. The lowest BCUT2D eigenvalue weighted by Gasteiger charge is -2.06. The molecule has 17 heavy (non-hydrogen) atoms. The molecule has 0 amide bonds. The fourth-order valence-corrected chi connectivity index (χ4v) is 2.51. The predicted octanol–water partition coefficient (Wildman–Crippen LogP) is 1.25. The lowest BCUT2D eigenvalue weighted by atomic mass is 10.2. The zero-order chi connectivity index (χ0) is 12.8. The molecule has 0 aliphatic heterocycles. The van der Waals surface area contributed by atoms with Crippen LogP contribution in [-0.4, -0.2) is 32.7 Å². The van der Waals surface area contributed by atoms with Crippen LogP contribution in [0.3, 0.4) is 0 Å². The number of carbonyl (C=O) groups is 1. The van der Waals surface area contributed by atoms with E-state index in [0.29, 0.717) is 6.42 Å². The maximum Gasteiger partial charge on any atom is 0.320 e. The molecule has 0 aliphatic carbocycles. The summed E-state index contributed by atoms with van der Waals surface area (Å²) in [4.78, 5) is 10.5. The number of aryl methyl sites for hydroxylation is 2. The van der Waals surface area contributed by atoms with Crippen molar-refractivity contribution in [2.24, 2.45) is 5.73 Å². The average molecular weight is 257 g/mol. The Morgan fingerprint density at radius 3 is 3.00 bits per heavy atom. The minimum Gasteiger partial charge on any atom is -0.480 e. The van der Waals surface area contributed by atoms with E-state index in [1.807, 2.05) is 11.6 Å². The summed E-state index contributed by atoms with van der Waals surface area (Å²) in [5.41, 5.74) is 7.62. The maximum atomic E-state index is 10.5. The second kappa shape index (κ2) is 6.66. The monoisotopic (exact) mass is 257 g/mol. The number of hydrogen-bond donors (Lipinski definition) is 2. The molecule has 3 N–H and O–H groups in total. The largest absolute Gasteiger partial charge is 0.480 e. The van der Waals surface area contributed by atoms with Crippen molar-refractivity contribution in [1.29, 1.82) is 0 Å². The Morgan fingerprint density at radius 2 is 2.41 bits per heavy atom. The summed E-state index contributed by atoms with van der Waals surface area (Å²) >= 11 is 1.69. The van der Waals surface area contributed by atoms with E-state index in [1.165, 1.54) is 5.69 Å². The Kier molecular flexibility index (Phi) is 5.50. The van der Waals surface area contributed by atoms with Gasteiger partial charge in [0.25, 0.3) is 0 Å². The number of rotatable bonds is 7. The molecule has 5 nitrogen and oxygen atoms in total.